The van der Waals surface area contributed by atoms with Gasteiger partial charge in [0.25, 0.3) is 11.6 Å². The minimum Gasteiger partial charge on any atom is -0.496 e. The van der Waals surface area contributed by atoms with Crippen LogP contribution in [-0.4, -0.2) is 30.0 Å². The lowest BCUT2D eigenvalue weighted by atomic mass is 10.2. The molecule has 0 fully saturated rings. The van der Waals surface area contributed by atoms with Gasteiger partial charge in [0.1, 0.15) is 11.3 Å². The van der Waals surface area contributed by atoms with Gasteiger partial charge in [0.15, 0.2) is 10.9 Å². The number of halogens is 1. The lowest BCUT2D eigenvalue weighted by molar-refractivity contribution is -0.384. The number of amides is 1. The standard InChI is InChI=1S/C16H12BrN3O5S/c1-24-11-4-3-8(5-10(11)17)15(21)19-16-18-14-12(25-2)6-9(20(22)23)7-13(14)26-16/h3-7H,1-2H3,(H,18,19,21). The van der Waals surface area contributed by atoms with E-state index in [0.29, 0.717) is 31.1 Å². The molecule has 0 unspecified atom stereocenters. The largest absolute Gasteiger partial charge is 0.496 e. The number of rotatable bonds is 5. The summed E-state index contributed by atoms with van der Waals surface area (Å²) in [6.45, 7) is 0. The van der Waals surface area contributed by atoms with Crippen LogP contribution < -0.4 is 14.8 Å². The number of carbonyl (C=O) groups is 1. The zero-order valence-corrected chi connectivity index (χ0v) is 16.0. The van der Waals surface area contributed by atoms with E-state index in [1.807, 2.05) is 0 Å². The Morgan fingerprint density at radius 2 is 1.96 bits per heavy atom. The van der Waals surface area contributed by atoms with Crippen LogP contribution in [0.1, 0.15) is 10.4 Å². The molecule has 0 saturated carbocycles. The smallest absolute Gasteiger partial charge is 0.274 e. The van der Waals surface area contributed by atoms with Crippen molar-refractivity contribution < 1.29 is 19.2 Å². The summed E-state index contributed by atoms with van der Waals surface area (Å²) in [6.07, 6.45) is 0. The predicted octanol–water partition coefficient (Wildman–Crippen LogP) is 4.24. The van der Waals surface area contributed by atoms with Crippen LogP contribution >= 0.6 is 27.3 Å². The molecular weight excluding hydrogens is 426 g/mol. The third-order valence-corrected chi connectivity index (χ3v) is 5.05. The lowest BCUT2D eigenvalue weighted by Crippen LogP contribution is -2.11. The lowest BCUT2D eigenvalue weighted by Gasteiger charge is -2.06. The molecule has 0 bridgehead atoms. The molecule has 26 heavy (non-hydrogen) atoms. The molecule has 1 N–H and O–H groups in total. The van der Waals surface area contributed by atoms with Crippen LogP contribution in [0.4, 0.5) is 10.8 Å². The van der Waals surface area contributed by atoms with E-state index < -0.39 is 4.92 Å². The second-order valence-electron chi connectivity index (χ2n) is 5.07. The number of fused-ring (bicyclic) bond motifs is 1. The molecule has 10 heteroatoms. The number of thiazole rings is 1. The summed E-state index contributed by atoms with van der Waals surface area (Å²) >= 11 is 4.46. The minimum absolute atomic E-state index is 0.102. The van der Waals surface area contributed by atoms with Crippen LogP contribution in [-0.2, 0) is 0 Å². The molecule has 0 aliphatic carbocycles. The Balaban J connectivity index is 1.92. The summed E-state index contributed by atoms with van der Waals surface area (Å²) in [6, 6.07) is 7.62. The molecule has 0 spiro atoms. The van der Waals surface area contributed by atoms with Crippen molar-refractivity contribution in [2.24, 2.45) is 0 Å². The molecule has 0 saturated heterocycles. The van der Waals surface area contributed by atoms with Crippen molar-refractivity contribution >= 4 is 54.2 Å². The number of methoxy groups -OCH3 is 2. The van der Waals surface area contributed by atoms with E-state index in [-0.39, 0.29) is 17.3 Å². The van der Waals surface area contributed by atoms with Crippen molar-refractivity contribution in [1.82, 2.24) is 4.98 Å². The topological polar surface area (TPSA) is 104 Å². The molecule has 8 nitrogen and oxygen atoms in total. The Labute approximate surface area is 160 Å². The molecule has 3 rings (SSSR count). The van der Waals surface area contributed by atoms with Gasteiger partial charge in [-0.3, -0.25) is 20.2 Å². The minimum atomic E-state index is -0.505. The number of nitrogens with zero attached hydrogens (tertiary/aromatic N) is 2. The Morgan fingerprint density at radius 3 is 2.58 bits per heavy atom. The van der Waals surface area contributed by atoms with E-state index in [2.05, 4.69) is 26.2 Å². The van der Waals surface area contributed by atoms with E-state index in [9.17, 15) is 14.9 Å². The number of hydrogen-bond acceptors (Lipinski definition) is 7. The number of aromatic nitrogens is 1. The van der Waals surface area contributed by atoms with Crippen molar-refractivity contribution in [2.75, 3.05) is 19.5 Å². The fourth-order valence-corrected chi connectivity index (χ4v) is 3.73. The SMILES string of the molecule is COc1ccc(C(=O)Nc2nc3c(OC)cc([N+](=O)[O-])cc3s2)cc1Br. The summed E-state index contributed by atoms with van der Waals surface area (Å²) in [5, 5.41) is 14.0. The number of nitro groups is 1. The average Bonchev–Trinajstić information content (AvgIpc) is 3.02. The maximum Gasteiger partial charge on any atom is 0.274 e. The fourth-order valence-electron chi connectivity index (χ4n) is 2.28. The molecule has 1 amide bonds. The molecule has 0 atom stereocenters. The first-order valence-electron chi connectivity index (χ1n) is 7.20. The van der Waals surface area contributed by atoms with Crippen LogP contribution in [0.25, 0.3) is 10.2 Å². The zero-order valence-electron chi connectivity index (χ0n) is 13.6. The number of anilines is 1. The fraction of sp³-hybridized carbons (Fsp3) is 0.125. The highest BCUT2D eigenvalue weighted by Crippen LogP contribution is 2.36. The highest BCUT2D eigenvalue weighted by Gasteiger charge is 2.18. The maximum atomic E-state index is 12.4. The molecule has 0 aliphatic heterocycles. The van der Waals surface area contributed by atoms with E-state index in [4.69, 9.17) is 9.47 Å². The first-order chi connectivity index (χ1) is 12.4. The van der Waals surface area contributed by atoms with Gasteiger partial charge < -0.3 is 9.47 Å². The summed E-state index contributed by atoms with van der Waals surface area (Å²) in [5.41, 5.74) is 0.763. The van der Waals surface area contributed by atoms with Crippen LogP contribution in [0.5, 0.6) is 11.5 Å². The number of non-ortho nitro benzene ring substituents is 1. The van der Waals surface area contributed by atoms with Crippen LogP contribution in [0.3, 0.4) is 0 Å². The predicted molar refractivity (Wildman–Crippen MR) is 101 cm³/mol. The Kier molecular flexibility index (Phi) is 5.05. The van der Waals surface area contributed by atoms with Gasteiger partial charge >= 0.3 is 0 Å². The molecule has 134 valence electrons. The van der Waals surface area contributed by atoms with Crippen LogP contribution in [0, 0.1) is 10.1 Å². The van der Waals surface area contributed by atoms with E-state index in [0.717, 1.165) is 11.3 Å². The van der Waals surface area contributed by atoms with Gasteiger partial charge in [-0.25, -0.2) is 4.98 Å². The van der Waals surface area contributed by atoms with Gasteiger partial charge in [0.2, 0.25) is 0 Å². The van der Waals surface area contributed by atoms with Gasteiger partial charge in [0.05, 0.1) is 34.4 Å². The van der Waals surface area contributed by atoms with E-state index in [1.165, 1.54) is 26.4 Å². The number of benzene rings is 2. The first kappa shape index (κ1) is 18.1. The number of ether oxygens (including phenoxy) is 2. The third kappa shape index (κ3) is 3.46. The number of nitro benzene ring substituents is 1. The summed E-state index contributed by atoms with van der Waals surface area (Å²) in [4.78, 5) is 27.2. The molecule has 3 aromatic rings. The van der Waals surface area contributed by atoms with Crippen molar-refractivity contribution in [3.8, 4) is 11.5 Å². The number of nitrogens with one attached hydrogen (secondary N) is 1. The first-order valence-corrected chi connectivity index (χ1v) is 8.81. The van der Waals surface area contributed by atoms with Crippen molar-refractivity contribution in [3.05, 3.63) is 50.5 Å². The number of carbonyl (C=O) groups excluding carboxylic acids is 1. The van der Waals surface area contributed by atoms with Crippen molar-refractivity contribution in [2.45, 2.75) is 0 Å². The quantitative estimate of drug-likeness (QED) is 0.472. The monoisotopic (exact) mass is 437 g/mol. The molecule has 0 aliphatic rings. The third-order valence-electron chi connectivity index (χ3n) is 3.51. The van der Waals surface area contributed by atoms with Crippen LogP contribution in [0.2, 0.25) is 0 Å². The molecule has 2 aromatic carbocycles. The molecular formula is C16H12BrN3O5S. The Morgan fingerprint density at radius 1 is 1.23 bits per heavy atom. The van der Waals surface area contributed by atoms with Crippen molar-refractivity contribution in [3.63, 3.8) is 0 Å². The van der Waals surface area contributed by atoms with Gasteiger partial charge in [-0.05, 0) is 34.1 Å². The summed E-state index contributed by atoms with van der Waals surface area (Å²) in [7, 11) is 2.94. The maximum absolute atomic E-state index is 12.4. The second kappa shape index (κ2) is 7.26. The van der Waals surface area contributed by atoms with Gasteiger partial charge in [-0.15, -0.1) is 0 Å². The normalized spacial score (nSPS) is 10.6. The van der Waals surface area contributed by atoms with Gasteiger partial charge in [-0.2, -0.15) is 0 Å². The second-order valence-corrected chi connectivity index (χ2v) is 6.96. The van der Waals surface area contributed by atoms with Crippen LogP contribution in [0.15, 0.2) is 34.8 Å². The highest BCUT2D eigenvalue weighted by molar-refractivity contribution is 9.10. The van der Waals surface area contributed by atoms with Gasteiger partial charge in [-0.1, -0.05) is 11.3 Å². The highest BCUT2D eigenvalue weighted by atomic mass is 79.9. The zero-order chi connectivity index (χ0) is 18.8. The number of hydrogen-bond donors (Lipinski definition) is 1. The van der Waals surface area contributed by atoms with Gasteiger partial charge in [0, 0.05) is 11.6 Å². The molecule has 1 heterocycles. The Hall–Kier alpha value is -2.72. The summed E-state index contributed by atoms with van der Waals surface area (Å²) in [5.74, 6) is 0.526. The average molecular weight is 438 g/mol. The molecule has 0 radical (unpaired) electrons. The van der Waals surface area contributed by atoms with E-state index >= 15 is 0 Å². The summed E-state index contributed by atoms with van der Waals surface area (Å²) < 4.78 is 11.5. The van der Waals surface area contributed by atoms with E-state index in [1.54, 1.807) is 18.2 Å². The Bertz CT molecular complexity index is 1020. The van der Waals surface area contributed by atoms with Crippen molar-refractivity contribution in [1.29, 1.82) is 0 Å². The molecule has 1 aromatic heterocycles.